The number of carbonyl (C=O) groups is 1. The highest BCUT2D eigenvalue weighted by atomic mass is 79.9. The number of benzene rings is 2. The van der Waals surface area contributed by atoms with Crippen LogP contribution in [-0.4, -0.2) is 97.3 Å². The zero-order valence-electron chi connectivity index (χ0n) is 26.0. The van der Waals surface area contributed by atoms with Gasteiger partial charge in [-0.05, 0) is 68.9 Å². The lowest BCUT2D eigenvalue weighted by Gasteiger charge is -2.41. The highest BCUT2D eigenvalue weighted by Crippen LogP contribution is 2.47. The lowest BCUT2D eigenvalue weighted by atomic mass is 9.94. The van der Waals surface area contributed by atoms with E-state index in [4.69, 9.17) is 28.9 Å². The molecule has 3 aliphatic heterocycles. The standard InChI is InChI=1S/C33H40BrN5O6/c1-37(2)17-33(9-10-33)18-44-31-35-27-13-28(24-12-23(45-19-42-3)11-20-5-4-6-26(34)29(20)24)43-16-25(27)30(36-31)38-14-21-7-8-22(15-38)39(21)32(40)41/h4-6,11-12,21-22,28H,7-10,13-19H2,1-3H3,(H,40,41). The van der Waals surface area contributed by atoms with Crippen LogP contribution in [-0.2, 0) is 22.5 Å². The molecule has 12 heteroatoms. The lowest BCUT2D eigenvalue weighted by Crippen LogP contribution is -2.56. The van der Waals surface area contributed by atoms with E-state index in [-0.39, 0.29) is 30.4 Å². The van der Waals surface area contributed by atoms with Crippen molar-refractivity contribution in [2.24, 2.45) is 5.41 Å². The maximum Gasteiger partial charge on any atom is 0.407 e. The van der Waals surface area contributed by atoms with Crippen molar-refractivity contribution < 1.29 is 28.8 Å². The summed E-state index contributed by atoms with van der Waals surface area (Å²) in [6.45, 7) is 3.20. The number of nitrogens with zero attached hydrogens (tertiary/aromatic N) is 5. The second-order valence-electron chi connectivity index (χ2n) is 13.2. The first-order valence-electron chi connectivity index (χ1n) is 15.6. The van der Waals surface area contributed by atoms with Crippen LogP contribution in [0.5, 0.6) is 11.8 Å². The topological polar surface area (TPSA) is 110 Å². The molecule has 4 heterocycles. The molecule has 11 nitrogen and oxygen atoms in total. The number of ether oxygens (including phenoxy) is 4. The summed E-state index contributed by atoms with van der Waals surface area (Å²) in [4.78, 5) is 28.1. The minimum Gasteiger partial charge on any atom is -0.468 e. The van der Waals surface area contributed by atoms with Gasteiger partial charge in [0.25, 0.3) is 0 Å². The molecule has 2 saturated heterocycles. The first kappa shape index (κ1) is 30.5. The molecule has 2 bridgehead atoms. The average molecular weight is 683 g/mol. The number of hydrogen-bond donors (Lipinski definition) is 1. The molecule has 1 aliphatic carbocycles. The number of anilines is 1. The number of halogens is 1. The van der Waals surface area contributed by atoms with Gasteiger partial charge in [-0.3, -0.25) is 4.90 Å². The Morgan fingerprint density at radius 2 is 1.93 bits per heavy atom. The summed E-state index contributed by atoms with van der Waals surface area (Å²) in [6.07, 6.45) is 3.40. The molecule has 3 atom stereocenters. The SMILES string of the molecule is COCOc1cc(C2Cc3nc(OCC4(CN(C)C)CC4)nc(N4CC5CCC(C4)N5C(=O)O)c3CO2)c2c(Br)cccc2c1. The van der Waals surface area contributed by atoms with Crippen LogP contribution in [0.2, 0.25) is 0 Å². The molecule has 2 aromatic carbocycles. The van der Waals surface area contributed by atoms with Crippen LogP contribution in [0.4, 0.5) is 10.6 Å². The zero-order chi connectivity index (χ0) is 31.3. The summed E-state index contributed by atoms with van der Waals surface area (Å²) < 4.78 is 25.0. The molecule has 3 fully saturated rings. The Morgan fingerprint density at radius 1 is 1.16 bits per heavy atom. The minimum absolute atomic E-state index is 0.0538. The average Bonchev–Trinajstić information content (AvgIpc) is 3.72. The van der Waals surface area contributed by atoms with Gasteiger partial charge in [0.2, 0.25) is 0 Å². The van der Waals surface area contributed by atoms with Crippen molar-refractivity contribution >= 4 is 38.6 Å². The molecule has 4 aliphatic rings. The minimum atomic E-state index is -0.840. The highest BCUT2D eigenvalue weighted by molar-refractivity contribution is 9.10. The molecule has 240 valence electrons. The molecule has 0 radical (unpaired) electrons. The Bertz CT molecular complexity index is 1590. The fraction of sp³-hybridized carbons (Fsp3) is 0.545. The normalized spacial score (nSPS) is 23.4. The number of carboxylic acid groups (broad SMARTS) is 1. The van der Waals surface area contributed by atoms with E-state index in [0.717, 1.165) is 70.1 Å². The van der Waals surface area contributed by atoms with Crippen LogP contribution >= 0.6 is 15.9 Å². The molecule has 3 aromatic rings. The van der Waals surface area contributed by atoms with Gasteiger partial charge in [0.05, 0.1) is 37.1 Å². The lowest BCUT2D eigenvalue weighted by molar-refractivity contribution is 0.0255. The van der Waals surface area contributed by atoms with Gasteiger partial charge in [0.15, 0.2) is 6.79 Å². The van der Waals surface area contributed by atoms with Gasteiger partial charge in [0, 0.05) is 54.0 Å². The highest BCUT2D eigenvalue weighted by Gasteiger charge is 2.45. The molecule has 45 heavy (non-hydrogen) atoms. The molecular formula is C33H40BrN5O6. The summed E-state index contributed by atoms with van der Waals surface area (Å²) in [7, 11) is 5.79. The van der Waals surface area contributed by atoms with Crippen LogP contribution in [0.1, 0.15) is 48.6 Å². The van der Waals surface area contributed by atoms with E-state index in [1.54, 1.807) is 12.0 Å². The van der Waals surface area contributed by atoms with Crippen molar-refractivity contribution in [1.29, 1.82) is 0 Å². The van der Waals surface area contributed by atoms with Crippen LogP contribution in [0.3, 0.4) is 0 Å². The van der Waals surface area contributed by atoms with Gasteiger partial charge >= 0.3 is 12.1 Å². The van der Waals surface area contributed by atoms with Crippen LogP contribution < -0.4 is 14.4 Å². The van der Waals surface area contributed by atoms with Crippen molar-refractivity contribution in [3.05, 3.63) is 51.6 Å². The Kier molecular flexibility index (Phi) is 8.26. The van der Waals surface area contributed by atoms with Crippen LogP contribution in [0.25, 0.3) is 10.8 Å². The number of piperazine rings is 1. The fourth-order valence-corrected chi connectivity index (χ4v) is 8.02. The Balaban J connectivity index is 1.24. The number of rotatable bonds is 10. The van der Waals surface area contributed by atoms with E-state index in [1.807, 2.05) is 24.3 Å². The summed E-state index contributed by atoms with van der Waals surface area (Å²) in [6, 6.07) is 10.4. The fourth-order valence-electron chi connectivity index (χ4n) is 7.41. The molecule has 3 unspecified atom stereocenters. The number of fused-ring (bicyclic) bond motifs is 4. The van der Waals surface area contributed by atoms with Gasteiger partial charge in [-0.1, -0.05) is 28.1 Å². The maximum absolute atomic E-state index is 12.0. The summed E-state index contributed by atoms with van der Waals surface area (Å²) >= 11 is 3.77. The summed E-state index contributed by atoms with van der Waals surface area (Å²) in [5.41, 5.74) is 3.00. The van der Waals surface area contributed by atoms with Gasteiger partial charge in [-0.2, -0.15) is 9.97 Å². The van der Waals surface area contributed by atoms with E-state index >= 15 is 0 Å². The third-order valence-electron chi connectivity index (χ3n) is 9.60. The molecule has 1 amide bonds. The molecule has 7 rings (SSSR count). The largest absolute Gasteiger partial charge is 0.468 e. The van der Waals surface area contributed by atoms with Gasteiger partial charge in [-0.15, -0.1) is 0 Å². The zero-order valence-corrected chi connectivity index (χ0v) is 27.6. The van der Waals surface area contributed by atoms with Crippen molar-refractivity contribution in [3.63, 3.8) is 0 Å². The molecule has 1 saturated carbocycles. The summed E-state index contributed by atoms with van der Waals surface area (Å²) in [5.74, 6) is 1.51. The first-order chi connectivity index (χ1) is 21.7. The Labute approximate surface area is 271 Å². The van der Waals surface area contributed by atoms with E-state index in [9.17, 15) is 9.90 Å². The van der Waals surface area contributed by atoms with Crippen molar-refractivity contribution in [2.45, 2.75) is 56.9 Å². The Hall–Kier alpha value is -3.19. The predicted molar refractivity (Wildman–Crippen MR) is 172 cm³/mol. The number of amides is 1. The van der Waals surface area contributed by atoms with Crippen LogP contribution in [0.15, 0.2) is 34.8 Å². The third kappa shape index (κ3) is 6.05. The molecular weight excluding hydrogens is 642 g/mol. The molecule has 1 aromatic heterocycles. The van der Waals surface area contributed by atoms with Crippen molar-refractivity contribution in [2.75, 3.05) is 59.1 Å². The van der Waals surface area contributed by atoms with E-state index < -0.39 is 6.09 Å². The summed E-state index contributed by atoms with van der Waals surface area (Å²) in [5, 5.41) is 12.0. The molecule has 1 N–H and O–H groups in total. The van der Waals surface area contributed by atoms with E-state index in [2.05, 4.69) is 45.9 Å². The Morgan fingerprint density at radius 3 is 2.62 bits per heavy atom. The number of aromatic nitrogens is 2. The van der Waals surface area contributed by atoms with Gasteiger partial charge < -0.3 is 33.9 Å². The van der Waals surface area contributed by atoms with E-state index in [0.29, 0.717) is 44.5 Å². The van der Waals surface area contributed by atoms with Crippen LogP contribution in [0, 0.1) is 5.41 Å². The maximum atomic E-state index is 12.0. The smallest absolute Gasteiger partial charge is 0.407 e. The predicted octanol–water partition coefficient (Wildman–Crippen LogP) is 5.24. The van der Waals surface area contributed by atoms with Gasteiger partial charge in [0.1, 0.15) is 11.6 Å². The monoisotopic (exact) mass is 681 g/mol. The molecule has 0 spiro atoms. The van der Waals surface area contributed by atoms with Crippen molar-refractivity contribution in [1.82, 2.24) is 19.8 Å². The number of methoxy groups -OCH3 is 1. The van der Waals surface area contributed by atoms with Crippen molar-refractivity contribution in [3.8, 4) is 11.8 Å². The first-order valence-corrected chi connectivity index (χ1v) is 16.4. The quantitative estimate of drug-likeness (QED) is 0.285. The second-order valence-corrected chi connectivity index (χ2v) is 14.0. The van der Waals surface area contributed by atoms with Gasteiger partial charge in [-0.25, -0.2) is 4.79 Å². The third-order valence-corrected chi connectivity index (χ3v) is 10.3. The number of hydrogen-bond acceptors (Lipinski definition) is 9. The second kappa shape index (κ2) is 12.2. The van der Waals surface area contributed by atoms with E-state index in [1.165, 1.54) is 0 Å².